The van der Waals surface area contributed by atoms with Gasteiger partial charge >= 0.3 is 0 Å². The molecule has 2 N–H and O–H groups in total. The van der Waals surface area contributed by atoms with Gasteiger partial charge in [0, 0.05) is 12.2 Å². The minimum Gasteiger partial charge on any atom is -0.312 e. The standard InChI is InChI=1S/C14H22N2O3/c1-5-12-10(4)8-11(13(17)15-19)14(18)16(12)7-6-9(2)3/h8-9,19H,5-7H2,1-4H3,(H,15,17). The zero-order valence-electron chi connectivity index (χ0n) is 12.0. The summed E-state index contributed by atoms with van der Waals surface area (Å²) in [6.07, 6.45) is 1.61. The number of rotatable bonds is 5. The van der Waals surface area contributed by atoms with Crippen LogP contribution in [0.2, 0.25) is 0 Å². The van der Waals surface area contributed by atoms with Gasteiger partial charge in [0.05, 0.1) is 0 Å². The molecule has 106 valence electrons. The van der Waals surface area contributed by atoms with Crippen molar-refractivity contribution in [2.45, 2.75) is 47.1 Å². The Balaban J connectivity index is 3.35. The number of nitrogens with zero attached hydrogens (tertiary/aromatic N) is 1. The minimum absolute atomic E-state index is 0.0130. The van der Waals surface area contributed by atoms with Crippen molar-refractivity contribution in [2.75, 3.05) is 0 Å². The molecule has 0 saturated carbocycles. The third-order valence-corrected chi connectivity index (χ3v) is 3.23. The Hall–Kier alpha value is -1.62. The molecule has 1 amide bonds. The maximum atomic E-state index is 12.3. The van der Waals surface area contributed by atoms with E-state index in [4.69, 9.17) is 5.21 Å². The van der Waals surface area contributed by atoms with Crippen molar-refractivity contribution in [1.82, 2.24) is 10.0 Å². The first-order valence-corrected chi connectivity index (χ1v) is 6.60. The number of hydroxylamine groups is 1. The van der Waals surface area contributed by atoms with E-state index in [-0.39, 0.29) is 11.1 Å². The fourth-order valence-corrected chi connectivity index (χ4v) is 2.16. The van der Waals surface area contributed by atoms with Crippen LogP contribution in [0.25, 0.3) is 0 Å². The molecule has 1 heterocycles. The van der Waals surface area contributed by atoms with Crippen LogP contribution in [-0.2, 0) is 13.0 Å². The quantitative estimate of drug-likeness (QED) is 0.631. The summed E-state index contributed by atoms with van der Waals surface area (Å²) < 4.78 is 1.65. The number of carbonyl (C=O) groups excluding carboxylic acids is 1. The van der Waals surface area contributed by atoms with Gasteiger partial charge < -0.3 is 4.57 Å². The van der Waals surface area contributed by atoms with Crippen molar-refractivity contribution >= 4 is 5.91 Å². The summed E-state index contributed by atoms with van der Waals surface area (Å²) in [5, 5.41) is 8.69. The Morgan fingerprint density at radius 1 is 1.47 bits per heavy atom. The monoisotopic (exact) mass is 266 g/mol. The van der Waals surface area contributed by atoms with E-state index in [9.17, 15) is 9.59 Å². The zero-order chi connectivity index (χ0) is 14.6. The number of nitrogens with one attached hydrogen (secondary N) is 1. The molecule has 1 rings (SSSR count). The Morgan fingerprint density at radius 2 is 2.11 bits per heavy atom. The van der Waals surface area contributed by atoms with E-state index in [0.717, 1.165) is 24.1 Å². The van der Waals surface area contributed by atoms with Crippen molar-refractivity contribution in [2.24, 2.45) is 5.92 Å². The van der Waals surface area contributed by atoms with Gasteiger partial charge in [0.1, 0.15) is 5.56 Å². The SMILES string of the molecule is CCc1c(C)cc(C(=O)NO)c(=O)n1CCC(C)C. The van der Waals surface area contributed by atoms with Gasteiger partial charge in [-0.15, -0.1) is 0 Å². The molecule has 19 heavy (non-hydrogen) atoms. The molecule has 0 aliphatic rings. The lowest BCUT2D eigenvalue weighted by atomic mass is 10.1. The molecule has 0 aliphatic heterocycles. The second kappa shape index (κ2) is 6.52. The van der Waals surface area contributed by atoms with Gasteiger partial charge in [-0.05, 0) is 37.3 Å². The number of aromatic nitrogens is 1. The van der Waals surface area contributed by atoms with E-state index in [1.54, 1.807) is 10.6 Å². The Labute approximate surface area is 113 Å². The second-order valence-electron chi connectivity index (χ2n) is 5.12. The van der Waals surface area contributed by atoms with E-state index >= 15 is 0 Å². The molecule has 0 radical (unpaired) electrons. The van der Waals surface area contributed by atoms with Crippen molar-refractivity contribution in [3.8, 4) is 0 Å². The van der Waals surface area contributed by atoms with Gasteiger partial charge in [0.2, 0.25) is 0 Å². The lowest BCUT2D eigenvalue weighted by molar-refractivity contribution is 0.0703. The summed E-state index contributed by atoms with van der Waals surface area (Å²) in [7, 11) is 0. The second-order valence-corrected chi connectivity index (χ2v) is 5.12. The fraction of sp³-hybridized carbons (Fsp3) is 0.571. The molecule has 5 heteroatoms. The molecular weight excluding hydrogens is 244 g/mol. The first-order valence-electron chi connectivity index (χ1n) is 6.60. The van der Waals surface area contributed by atoms with Crippen LogP contribution in [0.15, 0.2) is 10.9 Å². The van der Waals surface area contributed by atoms with Crippen LogP contribution in [0, 0.1) is 12.8 Å². The molecule has 0 saturated heterocycles. The number of amides is 1. The smallest absolute Gasteiger partial charge is 0.280 e. The molecule has 0 aromatic carbocycles. The Morgan fingerprint density at radius 3 is 2.58 bits per heavy atom. The van der Waals surface area contributed by atoms with E-state index < -0.39 is 5.91 Å². The van der Waals surface area contributed by atoms with Crippen LogP contribution < -0.4 is 11.0 Å². The summed E-state index contributed by atoms with van der Waals surface area (Å²) >= 11 is 0. The Kier molecular flexibility index (Phi) is 5.30. The van der Waals surface area contributed by atoms with Gasteiger partial charge in [0.25, 0.3) is 11.5 Å². The molecule has 0 spiro atoms. The van der Waals surface area contributed by atoms with Gasteiger partial charge in [-0.3, -0.25) is 14.8 Å². The highest BCUT2D eigenvalue weighted by atomic mass is 16.5. The maximum absolute atomic E-state index is 12.3. The van der Waals surface area contributed by atoms with Crippen molar-refractivity contribution in [3.05, 3.63) is 33.2 Å². The average Bonchev–Trinajstić information content (AvgIpc) is 2.37. The van der Waals surface area contributed by atoms with E-state index in [0.29, 0.717) is 12.5 Å². The molecule has 0 atom stereocenters. The van der Waals surface area contributed by atoms with Crippen LogP contribution in [0.5, 0.6) is 0 Å². The number of carbonyl (C=O) groups is 1. The summed E-state index contributed by atoms with van der Waals surface area (Å²) in [6.45, 7) is 8.63. The highest BCUT2D eigenvalue weighted by molar-refractivity contribution is 5.93. The number of aryl methyl sites for hydroxylation is 1. The van der Waals surface area contributed by atoms with E-state index in [2.05, 4.69) is 13.8 Å². The van der Waals surface area contributed by atoms with Crippen LogP contribution in [0.1, 0.15) is 48.8 Å². The highest BCUT2D eigenvalue weighted by Gasteiger charge is 2.16. The molecule has 5 nitrogen and oxygen atoms in total. The molecular formula is C14H22N2O3. The maximum Gasteiger partial charge on any atom is 0.280 e. The van der Waals surface area contributed by atoms with Crippen LogP contribution in [-0.4, -0.2) is 15.7 Å². The molecule has 0 unspecified atom stereocenters. The van der Waals surface area contributed by atoms with Crippen molar-refractivity contribution in [1.29, 1.82) is 0 Å². The Bertz CT molecular complexity index is 518. The zero-order valence-corrected chi connectivity index (χ0v) is 12.0. The largest absolute Gasteiger partial charge is 0.312 e. The molecule has 0 aliphatic carbocycles. The van der Waals surface area contributed by atoms with Crippen LogP contribution in [0.3, 0.4) is 0 Å². The first-order chi connectivity index (χ1) is 8.92. The summed E-state index contributed by atoms with van der Waals surface area (Å²) in [4.78, 5) is 23.8. The van der Waals surface area contributed by atoms with E-state index in [1.807, 2.05) is 13.8 Å². The summed E-state index contributed by atoms with van der Waals surface area (Å²) in [6, 6.07) is 1.54. The number of hydrogen-bond donors (Lipinski definition) is 2. The molecule has 0 bridgehead atoms. The fourth-order valence-electron chi connectivity index (χ4n) is 2.16. The van der Waals surface area contributed by atoms with Crippen LogP contribution >= 0.6 is 0 Å². The van der Waals surface area contributed by atoms with E-state index in [1.165, 1.54) is 5.48 Å². The summed E-state index contributed by atoms with van der Waals surface area (Å²) in [5.74, 6) is -0.277. The number of pyridine rings is 1. The molecule has 0 fully saturated rings. The highest BCUT2D eigenvalue weighted by Crippen LogP contribution is 2.11. The lowest BCUT2D eigenvalue weighted by Crippen LogP contribution is -2.34. The van der Waals surface area contributed by atoms with Crippen molar-refractivity contribution < 1.29 is 10.0 Å². The third-order valence-electron chi connectivity index (χ3n) is 3.23. The normalized spacial score (nSPS) is 10.8. The molecule has 1 aromatic rings. The minimum atomic E-state index is -0.756. The predicted octanol–water partition coefficient (Wildman–Crippen LogP) is 1.88. The van der Waals surface area contributed by atoms with Crippen molar-refractivity contribution in [3.63, 3.8) is 0 Å². The average molecular weight is 266 g/mol. The first kappa shape index (κ1) is 15.4. The summed E-state index contributed by atoms with van der Waals surface area (Å²) in [5.41, 5.74) is 3.01. The van der Waals surface area contributed by atoms with Crippen LogP contribution in [0.4, 0.5) is 0 Å². The lowest BCUT2D eigenvalue weighted by Gasteiger charge is -2.16. The predicted molar refractivity (Wildman–Crippen MR) is 73.5 cm³/mol. The van der Waals surface area contributed by atoms with Gasteiger partial charge in [-0.1, -0.05) is 20.8 Å². The van der Waals surface area contributed by atoms with Gasteiger partial charge in [-0.2, -0.15) is 0 Å². The molecule has 1 aromatic heterocycles. The number of hydrogen-bond acceptors (Lipinski definition) is 3. The third kappa shape index (κ3) is 3.44. The van der Waals surface area contributed by atoms with Gasteiger partial charge in [0.15, 0.2) is 0 Å². The van der Waals surface area contributed by atoms with Gasteiger partial charge in [-0.25, -0.2) is 5.48 Å². The topological polar surface area (TPSA) is 71.3 Å².